The van der Waals surface area contributed by atoms with E-state index in [0.717, 1.165) is 31.5 Å². The van der Waals surface area contributed by atoms with Gasteiger partial charge in [-0.1, -0.05) is 53.5 Å². The van der Waals surface area contributed by atoms with Crippen LogP contribution in [0.4, 0.5) is 5.69 Å². The first kappa shape index (κ1) is 19.6. The first-order valence-corrected chi connectivity index (χ1v) is 10.2. The van der Waals surface area contributed by atoms with Gasteiger partial charge in [-0.25, -0.2) is 0 Å². The fraction of sp³-hybridized carbons (Fsp3) is 0.100. The van der Waals surface area contributed by atoms with Crippen LogP contribution < -0.4 is 10.1 Å². The quantitative estimate of drug-likeness (QED) is 0.363. The van der Waals surface area contributed by atoms with E-state index in [-0.39, 0.29) is 0 Å². The third-order valence-corrected chi connectivity index (χ3v) is 5.62. The fourth-order valence-corrected chi connectivity index (χ4v) is 4.32. The number of anilines is 1. The molecule has 0 aliphatic carbocycles. The Kier molecular flexibility index (Phi) is 6.87. The second-order valence-corrected chi connectivity index (χ2v) is 8.13. The largest absolute Gasteiger partial charge is 0.486 e. The molecule has 0 saturated heterocycles. The zero-order chi connectivity index (χ0) is 18.5. The summed E-state index contributed by atoms with van der Waals surface area (Å²) in [6, 6.07) is 19.4. The molecule has 2 nitrogen and oxygen atoms in total. The summed E-state index contributed by atoms with van der Waals surface area (Å²) in [6.07, 6.45) is 0. The molecule has 3 aromatic rings. The van der Waals surface area contributed by atoms with Crippen molar-refractivity contribution < 1.29 is 4.74 Å². The molecule has 26 heavy (non-hydrogen) atoms. The highest BCUT2D eigenvalue weighted by Gasteiger charge is 2.11. The lowest BCUT2D eigenvalue weighted by atomic mass is 10.2. The first-order valence-electron chi connectivity index (χ1n) is 7.87. The van der Waals surface area contributed by atoms with Gasteiger partial charge in [0, 0.05) is 17.1 Å². The molecule has 0 bridgehead atoms. The van der Waals surface area contributed by atoms with Gasteiger partial charge in [-0.3, -0.25) is 0 Å². The van der Waals surface area contributed by atoms with E-state index in [4.69, 9.17) is 27.9 Å². The highest BCUT2D eigenvalue weighted by Crippen LogP contribution is 2.36. The van der Waals surface area contributed by atoms with Gasteiger partial charge in [-0.05, 0) is 67.8 Å². The lowest BCUT2D eigenvalue weighted by molar-refractivity contribution is 0.302. The van der Waals surface area contributed by atoms with Crippen molar-refractivity contribution in [1.29, 1.82) is 0 Å². The van der Waals surface area contributed by atoms with Crippen molar-refractivity contribution in [1.82, 2.24) is 0 Å². The summed E-state index contributed by atoms with van der Waals surface area (Å²) in [4.78, 5) is 0. The minimum atomic E-state index is 0.397. The van der Waals surface area contributed by atoms with Gasteiger partial charge in [0.25, 0.3) is 0 Å². The number of hydrogen-bond acceptors (Lipinski definition) is 2. The van der Waals surface area contributed by atoms with Crippen molar-refractivity contribution in [3.63, 3.8) is 0 Å². The van der Waals surface area contributed by atoms with E-state index in [1.54, 1.807) is 0 Å². The van der Waals surface area contributed by atoms with Crippen LogP contribution in [0.2, 0.25) is 10.0 Å². The van der Waals surface area contributed by atoms with Crippen LogP contribution in [0.1, 0.15) is 11.1 Å². The molecule has 0 fully saturated rings. The number of hydrogen-bond donors (Lipinski definition) is 1. The molecule has 0 atom stereocenters. The van der Waals surface area contributed by atoms with Crippen molar-refractivity contribution in [3.05, 3.63) is 90.8 Å². The smallest absolute Gasteiger partial charge is 0.148 e. The molecule has 0 saturated carbocycles. The van der Waals surface area contributed by atoms with Gasteiger partial charge in [0.1, 0.15) is 12.4 Å². The Morgan fingerprint density at radius 3 is 2.12 bits per heavy atom. The molecule has 0 aromatic heterocycles. The van der Waals surface area contributed by atoms with Gasteiger partial charge in [-0.2, -0.15) is 0 Å². The summed E-state index contributed by atoms with van der Waals surface area (Å²) in [5, 5.41) is 4.73. The van der Waals surface area contributed by atoms with Crippen molar-refractivity contribution >= 4 is 60.7 Å². The summed E-state index contributed by atoms with van der Waals surface area (Å²) < 4.78 is 7.69. The van der Waals surface area contributed by atoms with E-state index < -0.39 is 0 Å². The Hall–Kier alpha value is -1.20. The number of rotatable bonds is 6. The molecule has 0 radical (unpaired) electrons. The number of nitrogens with one attached hydrogen (secondary N) is 1. The maximum atomic E-state index is 6.19. The average molecular weight is 516 g/mol. The van der Waals surface area contributed by atoms with Gasteiger partial charge in [0.2, 0.25) is 0 Å². The molecule has 0 spiro atoms. The Bertz CT molecular complexity index is 895. The predicted molar refractivity (Wildman–Crippen MR) is 116 cm³/mol. The highest BCUT2D eigenvalue weighted by atomic mass is 79.9. The van der Waals surface area contributed by atoms with Crippen LogP contribution in [0.15, 0.2) is 69.6 Å². The van der Waals surface area contributed by atoms with Gasteiger partial charge in [0.15, 0.2) is 0 Å². The number of benzene rings is 3. The molecule has 0 amide bonds. The van der Waals surface area contributed by atoms with E-state index in [0.29, 0.717) is 23.2 Å². The number of para-hydroxylation sites is 1. The third-order valence-electron chi connectivity index (χ3n) is 3.74. The zero-order valence-corrected chi connectivity index (χ0v) is 18.3. The van der Waals surface area contributed by atoms with E-state index in [2.05, 4.69) is 37.2 Å². The predicted octanol–water partition coefficient (Wildman–Crippen LogP) is 7.71. The van der Waals surface area contributed by atoms with Gasteiger partial charge < -0.3 is 10.1 Å². The van der Waals surface area contributed by atoms with Crippen molar-refractivity contribution in [3.8, 4) is 5.75 Å². The van der Waals surface area contributed by atoms with Crippen LogP contribution in [-0.4, -0.2) is 0 Å². The SMILES string of the molecule is Clc1ccccc1COc1c(Br)cc(CNc2ccccc2Cl)cc1Br. The minimum absolute atomic E-state index is 0.397. The average Bonchev–Trinajstić information content (AvgIpc) is 2.62. The van der Waals surface area contributed by atoms with Gasteiger partial charge in [-0.15, -0.1) is 0 Å². The molecule has 1 N–H and O–H groups in total. The molecule has 0 aliphatic rings. The number of ether oxygens (including phenoxy) is 1. The highest BCUT2D eigenvalue weighted by molar-refractivity contribution is 9.11. The Balaban J connectivity index is 1.70. The second kappa shape index (κ2) is 9.14. The summed E-state index contributed by atoms with van der Waals surface area (Å²) >= 11 is 19.5. The van der Waals surface area contributed by atoms with Crippen LogP contribution in [0.3, 0.4) is 0 Å². The first-order chi connectivity index (χ1) is 12.5. The van der Waals surface area contributed by atoms with Crippen LogP contribution in [-0.2, 0) is 13.2 Å². The molecule has 3 aromatic carbocycles. The molecule has 0 aliphatic heterocycles. The summed E-state index contributed by atoms with van der Waals surface area (Å²) in [5.74, 6) is 0.742. The van der Waals surface area contributed by atoms with E-state index in [9.17, 15) is 0 Å². The Morgan fingerprint density at radius 1 is 0.846 bits per heavy atom. The van der Waals surface area contributed by atoms with E-state index in [1.807, 2.05) is 60.7 Å². The van der Waals surface area contributed by atoms with E-state index in [1.165, 1.54) is 0 Å². The van der Waals surface area contributed by atoms with Crippen molar-refractivity contribution in [2.24, 2.45) is 0 Å². The third kappa shape index (κ3) is 4.95. The molecule has 0 heterocycles. The lowest BCUT2D eigenvalue weighted by Gasteiger charge is -2.14. The zero-order valence-electron chi connectivity index (χ0n) is 13.6. The minimum Gasteiger partial charge on any atom is -0.486 e. The molecule has 134 valence electrons. The summed E-state index contributed by atoms with van der Waals surface area (Å²) in [6.45, 7) is 1.04. The van der Waals surface area contributed by atoms with Crippen LogP contribution in [0, 0.1) is 0 Å². The molecular formula is C20H15Br2Cl2NO. The van der Waals surface area contributed by atoms with Gasteiger partial charge in [0.05, 0.1) is 19.7 Å². The summed E-state index contributed by atoms with van der Waals surface area (Å²) in [7, 11) is 0. The normalized spacial score (nSPS) is 10.6. The monoisotopic (exact) mass is 513 g/mol. The molecule has 3 rings (SSSR count). The van der Waals surface area contributed by atoms with Crippen molar-refractivity contribution in [2.75, 3.05) is 5.32 Å². The summed E-state index contributed by atoms with van der Waals surface area (Å²) in [5.41, 5.74) is 2.94. The second-order valence-electron chi connectivity index (χ2n) is 5.60. The van der Waals surface area contributed by atoms with Crippen molar-refractivity contribution in [2.45, 2.75) is 13.2 Å². The maximum Gasteiger partial charge on any atom is 0.148 e. The Labute approximate surface area is 179 Å². The molecule has 0 unspecified atom stereocenters. The molecule has 6 heteroatoms. The van der Waals surface area contributed by atoms with Crippen LogP contribution in [0.25, 0.3) is 0 Å². The van der Waals surface area contributed by atoms with Crippen LogP contribution >= 0.6 is 55.1 Å². The van der Waals surface area contributed by atoms with Gasteiger partial charge >= 0.3 is 0 Å². The fourth-order valence-electron chi connectivity index (χ4n) is 2.42. The Morgan fingerprint density at radius 2 is 1.46 bits per heavy atom. The maximum absolute atomic E-state index is 6.19. The molecular weight excluding hydrogens is 501 g/mol. The standard InChI is InChI=1S/C20H15Br2Cl2NO/c21-15-9-13(11-25-19-8-4-3-7-18(19)24)10-16(22)20(15)26-12-14-5-1-2-6-17(14)23/h1-10,25H,11-12H2. The lowest BCUT2D eigenvalue weighted by Crippen LogP contribution is -2.02. The van der Waals surface area contributed by atoms with E-state index >= 15 is 0 Å². The van der Waals surface area contributed by atoms with Crippen LogP contribution in [0.5, 0.6) is 5.75 Å². The topological polar surface area (TPSA) is 21.3 Å². The number of halogens is 4.